The Morgan fingerprint density at radius 3 is 2.55 bits per heavy atom. The van der Waals surface area contributed by atoms with E-state index in [-0.39, 0.29) is 5.38 Å². The normalized spacial score (nSPS) is 12.2. The van der Waals surface area contributed by atoms with Crippen LogP contribution < -0.4 is 4.74 Å². The standard InChI is InChI=1S/C15H12Br2Cl2O/c1-2-20-14-6-4-10(16)8-11(14)15(19)9-3-5-12(17)13(18)7-9/h3-8,15H,2H2,1H3. The molecule has 0 saturated heterocycles. The van der Waals surface area contributed by atoms with Gasteiger partial charge < -0.3 is 4.74 Å². The third-order valence-corrected chi connectivity index (χ3v) is 4.99. The maximum atomic E-state index is 6.59. The average molecular weight is 439 g/mol. The van der Waals surface area contributed by atoms with E-state index < -0.39 is 0 Å². The van der Waals surface area contributed by atoms with E-state index in [0.29, 0.717) is 11.6 Å². The van der Waals surface area contributed by atoms with E-state index in [1.807, 2.05) is 43.3 Å². The lowest BCUT2D eigenvalue weighted by atomic mass is 10.0. The van der Waals surface area contributed by atoms with Gasteiger partial charge in [-0.2, -0.15) is 0 Å². The smallest absolute Gasteiger partial charge is 0.124 e. The van der Waals surface area contributed by atoms with Crippen LogP contribution in [0.25, 0.3) is 0 Å². The lowest BCUT2D eigenvalue weighted by molar-refractivity contribution is 0.337. The summed E-state index contributed by atoms with van der Waals surface area (Å²) in [5.74, 6) is 0.787. The van der Waals surface area contributed by atoms with Gasteiger partial charge in [0.1, 0.15) is 5.75 Å². The summed E-state index contributed by atoms with van der Waals surface area (Å²) >= 11 is 19.6. The lowest BCUT2D eigenvalue weighted by Crippen LogP contribution is -2.00. The Labute approximate surface area is 145 Å². The molecule has 1 nitrogen and oxygen atoms in total. The molecule has 2 aromatic rings. The summed E-state index contributed by atoms with van der Waals surface area (Å²) < 4.78 is 7.46. The summed E-state index contributed by atoms with van der Waals surface area (Å²) in [7, 11) is 0. The van der Waals surface area contributed by atoms with E-state index in [2.05, 4.69) is 31.9 Å². The highest BCUT2D eigenvalue weighted by molar-refractivity contribution is 9.10. The second-order valence-electron chi connectivity index (χ2n) is 4.15. The van der Waals surface area contributed by atoms with Crippen molar-refractivity contribution in [3.05, 3.63) is 61.5 Å². The van der Waals surface area contributed by atoms with Gasteiger partial charge in [0.2, 0.25) is 0 Å². The molecule has 2 rings (SSSR count). The maximum Gasteiger partial charge on any atom is 0.124 e. The zero-order chi connectivity index (χ0) is 14.7. The molecule has 0 bridgehead atoms. The first-order valence-electron chi connectivity index (χ1n) is 6.04. The Balaban J connectivity index is 2.43. The van der Waals surface area contributed by atoms with E-state index >= 15 is 0 Å². The summed E-state index contributed by atoms with van der Waals surface area (Å²) in [4.78, 5) is 0. The number of hydrogen-bond acceptors (Lipinski definition) is 1. The Morgan fingerprint density at radius 2 is 1.90 bits per heavy atom. The van der Waals surface area contributed by atoms with Crippen LogP contribution in [0.15, 0.2) is 45.3 Å². The van der Waals surface area contributed by atoms with Crippen molar-refractivity contribution in [3.63, 3.8) is 0 Å². The monoisotopic (exact) mass is 436 g/mol. The van der Waals surface area contributed by atoms with Gasteiger partial charge in [0, 0.05) is 14.5 Å². The highest BCUT2D eigenvalue weighted by Crippen LogP contribution is 2.38. The molecular formula is C15H12Br2Cl2O. The molecule has 0 radical (unpaired) electrons. The van der Waals surface area contributed by atoms with Crippen molar-refractivity contribution in [1.29, 1.82) is 0 Å². The fourth-order valence-corrected chi connectivity index (χ4v) is 2.97. The van der Waals surface area contributed by atoms with Crippen molar-refractivity contribution in [3.8, 4) is 5.75 Å². The minimum absolute atomic E-state index is 0.320. The van der Waals surface area contributed by atoms with Gasteiger partial charge in [-0.25, -0.2) is 0 Å². The predicted molar refractivity (Wildman–Crippen MR) is 92.2 cm³/mol. The number of hydrogen-bond donors (Lipinski definition) is 0. The molecule has 0 amide bonds. The van der Waals surface area contributed by atoms with Crippen LogP contribution >= 0.6 is 55.1 Å². The molecule has 0 N–H and O–H groups in total. The van der Waals surface area contributed by atoms with E-state index in [1.165, 1.54) is 0 Å². The Bertz CT molecular complexity index is 617. The SMILES string of the molecule is CCOc1ccc(Br)cc1C(Cl)c1ccc(Br)c(Cl)c1. The molecule has 20 heavy (non-hydrogen) atoms. The van der Waals surface area contributed by atoms with Gasteiger partial charge in [-0.1, -0.05) is 33.6 Å². The molecule has 106 valence electrons. The van der Waals surface area contributed by atoms with Crippen molar-refractivity contribution < 1.29 is 4.74 Å². The van der Waals surface area contributed by atoms with Gasteiger partial charge in [-0.15, -0.1) is 11.6 Å². The molecule has 0 aliphatic heterocycles. The maximum absolute atomic E-state index is 6.59. The van der Waals surface area contributed by atoms with E-state index in [0.717, 1.165) is 25.8 Å². The third-order valence-electron chi connectivity index (χ3n) is 2.78. The molecule has 5 heteroatoms. The molecule has 0 spiro atoms. The predicted octanol–water partition coefficient (Wildman–Crippen LogP) is 6.59. The van der Waals surface area contributed by atoms with Crippen LogP contribution in [0.2, 0.25) is 5.02 Å². The van der Waals surface area contributed by atoms with Crippen molar-refractivity contribution in [2.24, 2.45) is 0 Å². The number of rotatable bonds is 4. The summed E-state index contributed by atoms with van der Waals surface area (Å²) in [6, 6.07) is 11.5. The first kappa shape index (κ1) is 16.2. The summed E-state index contributed by atoms with van der Waals surface area (Å²) in [6.45, 7) is 2.55. The quantitative estimate of drug-likeness (QED) is 0.489. The van der Waals surface area contributed by atoms with Crippen LogP contribution in [-0.2, 0) is 0 Å². The van der Waals surface area contributed by atoms with Crippen LogP contribution in [0.1, 0.15) is 23.4 Å². The zero-order valence-electron chi connectivity index (χ0n) is 10.7. The van der Waals surface area contributed by atoms with Gasteiger partial charge >= 0.3 is 0 Å². The van der Waals surface area contributed by atoms with Crippen LogP contribution in [-0.4, -0.2) is 6.61 Å². The van der Waals surface area contributed by atoms with E-state index in [4.69, 9.17) is 27.9 Å². The minimum Gasteiger partial charge on any atom is -0.494 e. The Kier molecular flexibility index (Phi) is 5.79. The number of benzene rings is 2. The summed E-state index contributed by atoms with van der Waals surface area (Å²) in [5.41, 5.74) is 1.85. The van der Waals surface area contributed by atoms with Gasteiger partial charge in [-0.05, 0) is 58.7 Å². The highest BCUT2D eigenvalue weighted by atomic mass is 79.9. The van der Waals surface area contributed by atoms with E-state index in [1.54, 1.807) is 0 Å². The third kappa shape index (κ3) is 3.70. The number of ether oxygens (including phenoxy) is 1. The first-order valence-corrected chi connectivity index (χ1v) is 8.44. The van der Waals surface area contributed by atoms with Gasteiger partial charge in [0.25, 0.3) is 0 Å². The molecule has 0 aromatic heterocycles. The zero-order valence-corrected chi connectivity index (χ0v) is 15.4. The van der Waals surface area contributed by atoms with Gasteiger partial charge in [-0.3, -0.25) is 0 Å². The van der Waals surface area contributed by atoms with Crippen LogP contribution in [0.3, 0.4) is 0 Å². The molecule has 0 aliphatic carbocycles. The van der Waals surface area contributed by atoms with Crippen molar-refractivity contribution in [2.75, 3.05) is 6.61 Å². The number of alkyl halides is 1. The molecule has 0 aliphatic rings. The number of halogens is 4. The second-order valence-corrected chi connectivity index (χ2v) is 6.76. The first-order chi connectivity index (χ1) is 9.52. The fraction of sp³-hybridized carbons (Fsp3) is 0.200. The topological polar surface area (TPSA) is 9.23 Å². The largest absolute Gasteiger partial charge is 0.494 e. The van der Waals surface area contributed by atoms with Crippen LogP contribution in [0.4, 0.5) is 0 Å². The summed E-state index contributed by atoms with van der Waals surface area (Å²) in [6.07, 6.45) is 0. The van der Waals surface area contributed by atoms with E-state index in [9.17, 15) is 0 Å². The molecule has 1 atom stereocenters. The van der Waals surface area contributed by atoms with Gasteiger partial charge in [0.05, 0.1) is 17.0 Å². The van der Waals surface area contributed by atoms with Crippen molar-refractivity contribution >= 4 is 55.1 Å². The van der Waals surface area contributed by atoms with Crippen molar-refractivity contribution in [2.45, 2.75) is 12.3 Å². The van der Waals surface area contributed by atoms with Gasteiger partial charge in [0.15, 0.2) is 0 Å². The fourth-order valence-electron chi connectivity index (χ4n) is 1.85. The molecule has 2 aromatic carbocycles. The second kappa shape index (κ2) is 7.17. The van der Waals surface area contributed by atoms with Crippen LogP contribution in [0.5, 0.6) is 5.75 Å². The lowest BCUT2D eigenvalue weighted by Gasteiger charge is -2.16. The van der Waals surface area contributed by atoms with Crippen LogP contribution in [0, 0.1) is 0 Å². The molecular weight excluding hydrogens is 427 g/mol. The molecule has 0 heterocycles. The minimum atomic E-state index is -0.320. The highest BCUT2D eigenvalue weighted by Gasteiger charge is 2.17. The average Bonchev–Trinajstić information content (AvgIpc) is 2.43. The van der Waals surface area contributed by atoms with Crippen molar-refractivity contribution in [1.82, 2.24) is 0 Å². The molecule has 0 saturated carbocycles. The molecule has 0 fully saturated rings. The molecule has 1 unspecified atom stereocenters. The Morgan fingerprint density at radius 1 is 1.15 bits per heavy atom. The Hall–Kier alpha value is -0.220. The summed E-state index contributed by atoms with van der Waals surface area (Å²) in [5, 5.41) is 0.320.